The normalized spacial score (nSPS) is 15.0. The SMILES string of the molecule is CCC[O][Al]([O]C(C)CC)[O]C(C)CC. The van der Waals surface area contributed by atoms with Crippen molar-refractivity contribution in [3.05, 3.63) is 0 Å². The average Bonchev–Trinajstić information content (AvgIpc) is 2.25. The van der Waals surface area contributed by atoms with Crippen molar-refractivity contribution in [2.75, 3.05) is 6.61 Å². The molecule has 90 valence electrons. The maximum Gasteiger partial charge on any atom is 0.906 e. The molecule has 4 heteroatoms. The molecule has 3 nitrogen and oxygen atoms in total. The van der Waals surface area contributed by atoms with E-state index in [1.54, 1.807) is 0 Å². The lowest BCUT2D eigenvalue weighted by Gasteiger charge is -2.20. The van der Waals surface area contributed by atoms with E-state index in [0.29, 0.717) is 0 Å². The maximum absolute atomic E-state index is 5.77. The lowest BCUT2D eigenvalue weighted by Crippen LogP contribution is -2.34. The fraction of sp³-hybridized carbons (Fsp3) is 1.00. The summed E-state index contributed by atoms with van der Waals surface area (Å²) < 4.78 is 17.2. The third kappa shape index (κ3) is 8.24. The summed E-state index contributed by atoms with van der Waals surface area (Å²) in [5.74, 6) is 0. The van der Waals surface area contributed by atoms with E-state index in [0.717, 1.165) is 25.9 Å². The molecule has 0 amide bonds. The van der Waals surface area contributed by atoms with E-state index in [2.05, 4.69) is 34.6 Å². The van der Waals surface area contributed by atoms with Gasteiger partial charge in [-0.3, -0.25) is 0 Å². The number of hydrogen-bond donors (Lipinski definition) is 0. The van der Waals surface area contributed by atoms with E-state index >= 15 is 0 Å². The Balaban J connectivity index is 3.93. The highest BCUT2D eigenvalue weighted by atomic mass is 27.3. The predicted octanol–water partition coefficient (Wildman–Crippen LogP) is 3.03. The summed E-state index contributed by atoms with van der Waals surface area (Å²) in [5.41, 5.74) is 0. The van der Waals surface area contributed by atoms with Gasteiger partial charge in [0.05, 0.1) is 0 Å². The molecular formula is C11H25AlO3. The Morgan fingerprint density at radius 3 is 1.73 bits per heavy atom. The van der Waals surface area contributed by atoms with Gasteiger partial charge in [-0.1, -0.05) is 20.8 Å². The van der Waals surface area contributed by atoms with Gasteiger partial charge in [-0.25, -0.2) is 0 Å². The summed E-state index contributed by atoms with van der Waals surface area (Å²) >= 11 is -1.90. The molecule has 0 rings (SSSR count). The maximum atomic E-state index is 5.77. The number of rotatable bonds is 9. The van der Waals surface area contributed by atoms with Crippen LogP contribution in [0.25, 0.3) is 0 Å². The quantitative estimate of drug-likeness (QED) is 0.572. The molecule has 0 aliphatic carbocycles. The van der Waals surface area contributed by atoms with Gasteiger partial charge < -0.3 is 11.4 Å². The fourth-order valence-corrected chi connectivity index (χ4v) is 2.69. The molecule has 2 unspecified atom stereocenters. The molecule has 0 aliphatic rings. The van der Waals surface area contributed by atoms with Gasteiger partial charge in [0.1, 0.15) is 0 Å². The summed E-state index contributed by atoms with van der Waals surface area (Å²) in [6, 6.07) is 0. The van der Waals surface area contributed by atoms with Gasteiger partial charge >= 0.3 is 15.1 Å². The summed E-state index contributed by atoms with van der Waals surface area (Å²) in [6.45, 7) is 11.2. The summed E-state index contributed by atoms with van der Waals surface area (Å²) in [6.07, 6.45) is 3.49. The van der Waals surface area contributed by atoms with Crippen molar-refractivity contribution in [1.29, 1.82) is 0 Å². The Labute approximate surface area is 99.5 Å². The minimum atomic E-state index is -1.90. The average molecular weight is 232 g/mol. The van der Waals surface area contributed by atoms with Gasteiger partial charge in [-0.15, -0.1) is 0 Å². The van der Waals surface area contributed by atoms with E-state index in [1.807, 2.05) is 0 Å². The first kappa shape index (κ1) is 15.4. The standard InChI is InChI=1S/2C4H9O.C3H7O.Al/c2*1-3-4(2)5;1-2-3-4;/h2*4H,3H2,1-2H3;2-3H2,1H3;/q3*-1;+3. The Kier molecular flexibility index (Phi) is 9.89. The molecule has 0 saturated heterocycles. The van der Waals surface area contributed by atoms with Crippen molar-refractivity contribution in [2.24, 2.45) is 0 Å². The van der Waals surface area contributed by atoms with Gasteiger partial charge in [-0.2, -0.15) is 0 Å². The van der Waals surface area contributed by atoms with E-state index in [-0.39, 0.29) is 12.2 Å². The van der Waals surface area contributed by atoms with Crippen LogP contribution in [0.3, 0.4) is 0 Å². The molecule has 0 bridgehead atoms. The minimum absolute atomic E-state index is 0.238. The van der Waals surface area contributed by atoms with Crippen molar-refractivity contribution in [3.8, 4) is 0 Å². The summed E-state index contributed by atoms with van der Waals surface area (Å²) in [7, 11) is 0. The molecule has 0 saturated carbocycles. The lowest BCUT2D eigenvalue weighted by molar-refractivity contribution is 0.0383. The van der Waals surface area contributed by atoms with Crippen LogP contribution in [-0.4, -0.2) is 34.0 Å². The third-order valence-corrected chi connectivity index (χ3v) is 4.18. The van der Waals surface area contributed by atoms with E-state index in [4.69, 9.17) is 11.4 Å². The van der Waals surface area contributed by atoms with Crippen molar-refractivity contribution in [2.45, 2.75) is 66.1 Å². The molecule has 2 atom stereocenters. The second-order valence-electron chi connectivity index (χ2n) is 3.87. The highest BCUT2D eigenvalue weighted by Gasteiger charge is 2.34. The zero-order valence-electron chi connectivity index (χ0n) is 10.8. The Morgan fingerprint density at radius 2 is 1.40 bits per heavy atom. The lowest BCUT2D eigenvalue weighted by atomic mass is 10.3. The topological polar surface area (TPSA) is 27.7 Å². The van der Waals surface area contributed by atoms with Crippen LogP contribution in [0.1, 0.15) is 53.9 Å². The van der Waals surface area contributed by atoms with Crippen LogP contribution in [0.2, 0.25) is 0 Å². The van der Waals surface area contributed by atoms with Crippen LogP contribution < -0.4 is 0 Å². The van der Waals surface area contributed by atoms with Crippen LogP contribution in [0, 0.1) is 0 Å². The van der Waals surface area contributed by atoms with E-state index in [1.165, 1.54) is 0 Å². The summed E-state index contributed by atoms with van der Waals surface area (Å²) in [4.78, 5) is 0. The first-order valence-electron chi connectivity index (χ1n) is 6.06. The van der Waals surface area contributed by atoms with Crippen molar-refractivity contribution < 1.29 is 11.4 Å². The minimum Gasteiger partial charge on any atom is -0.454 e. The zero-order valence-corrected chi connectivity index (χ0v) is 11.9. The van der Waals surface area contributed by atoms with Crippen molar-refractivity contribution in [3.63, 3.8) is 0 Å². The van der Waals surface area contributed by atoms with Gasteiger partial charge in [-0.05, 0) is 33.1 Å². The first-order valence-corrected chi connectivity index (χ1v) is 7.47. The van der Waals surface area contributed by atoms with E-state index in [9.17, 15) is 0 Å². The molecule has 0 aromatic carbocycles. The molecule has 0 aromatic heterocycles. The van der Waals surface area contributed by atoms with Crippen LogP contribution in [0.15, 0.2) is 0 Å². The van der Waals surface area contributed by atoms with Crippen molar-refractivity contribution in [1.82, 2.24) is 0 Å². The highest BCUT2D eigenvalue weighted by molar-refractivity contribution is 6.36. The molecule has 15 heavy (non-hydrogen) atoms. The first-order chi connectivity index (χ1) is 7.13. The van der Waals surface area contributed by atoms with Gasteiger partial charge in [0, 0.05) is 18.8 Å². The third-order valence-electron chi connectivity index (χ3n) is 2.29. The van der Waals surface area contributed by atoms with Crippen molar-refractivity contribution >= 4 is 15.1 Å². The molecule has 0 heterocycles. The second kappa shape index (κ2) is 9.63. The fourth-order valence-electron chi connectivity index (χ4n) is 0.897. The highest BCUT2D eigenvalue weighted by Crippen LogP contribution is 2.06. The number of hydrogen-bond acceptors (Lipinski definition) is 3. The van der Waals surface area contributed by atoms with Gasteiger partial charge in [0.15, 0.2) is 0 Å². The van der Waals surface area contributed by atoms with Crippen LogP contribution in [0.5, 0.6) is 0 Å². The predicted molar refractivity (Wildman–Crippen MR) is 63.7 cm³/mol. The van der Waals surface area contributed by atoms with Gasteiger partial charge in [0.25, 0.3) is 0 Å². The molecule has 0 N–H and O–H groups in total. The van der Waals surface area contributed by atoms with Crippen LogP contribution in [-0.2, 0) is 11.4 Å². The zero-order chi connectivity index (χ0) is 11.7. The Bertz CT molecular complexity index is 132. The van der Waals surface area contributed by atoms with Crippen LogP contribution in [0.4, 0.5) is 0 Å². The second-order valence-corrected chi connectivity index (χ2v) is 5.32. The smallest absolute Gasteiger partial charge is 0.454 e. The molecule has 0 spiro atoms. The Hall–Kier alpha value is 0.412. The van der Waals surface area contributed by atoms with Crippen LogP contribution >= 0.6 is 0 Å². The monoisotopic (exact) mass is 232 g/mol. The molecule has 0 radical (unpaired) electrons. The molecule has 0 fully saturated rings. The van der Waals surface area contributed by atoms with E-state index < -0.39 is 15.1 Å². The largest absolute Gasteiger partial charge is 0.906 e. The Morgan fingerprint density at radius 1 is 0.933 bits per heavy atom. The molecule has 0 aliphatic heterocycles. The summed E-state index contributed by atoms with van der Waals surface area (Å²) in [5, 5.41) is 0. The molecular weight excluding hydrogens is 207 g/mol. The van der Waals surface area contributed by atoms with Gasteiger partial charge in [0.2, 0.25) is 0 Å². The molecule has 0 aromatic rings.